The highest BCUT2D eigenvalue weighted by Gasteiger charge is 2.24. The van der Waals surface area contributed by atoms with Crippen molar-refractivity contribution in [1.82, 2.24) is 0 Å². The van der Waals surface area contributed by atoms with Crippen molar-refractivity contribution in [2.75, 3.05) is 11.9 Å². The van der Waals surface area contributed by atoms with Gasteiger partial charge in [0, 0.05) is 18.7 Å². The Labute approximate surface area is 114 Å². The van der Waals surface area contributed by atoms with Crippen LogP contribution < -0.4 is 10.6 Å². The summed E-state index contributed by atoms with van der Waals surface area (Å²) in [5, 5.41) is 7.33. The van der Waals surface area contributed by atoms with Gasteiger partial charge in [0.25, 0.3) is 0 Å². The third kappa shape index (κ3) is 3.06. The van der Waals surface area contributed by atoms with Gasteiger partial charge in [0.1, 0.15) is 11.7 Å². The number of hydrogen-bond acceptors (Lipinski definition) is 2. The van der Waals surface area contributed by atoms with Gasteiger partial charge in [-0.3, -0.25) is 5.41 Å². The van der Waals surface area contributed by atoms with E-state index in [1.165, 1.54) is 18.9 Å². The minimum atomic E-state index is -0.298. The van der Waals surface area contributed by atoms with E-state index < -0.39 is 0 Å². The fourth-order valence-electron chi connectivity index (χ4n) is 2.91. The second-order valence-electron chi connectivity index (χ2n) is 5.62. The number of anilines is 1. The lowest BCUT2D eigenvalue weighted by Gasteiger charge is -2.35. The lowest BCUT2D eigenvalue weighted by atomic mass is 9.86. The average Bonchev–Trinajstić information content (AvgIpc) is 2.37. The van der Waals surface area contributed by atoms with Crippen LogP contribution in [0, 0.1) is 17.1 Å². The lowest BCUT2D eigenvalue weighted by Crippen LogP contribution is -2.36. The summed E-state index contributed by atoms with van der Waals surface area (Å²) in [7, 11) is 1.95. The van der Waals surface area contributed by atoms with E-state index in [-0.39, 0.29) is 11.7 Å². The van der Waals surface area contributed by atoms with E-state index in [0.29, 0.717) is 23.2 Å². The number of benzene rings is 1. The van der Waals surface area contributed by atoms with E-state index in [1.807, 2.05) is 11.9 Å². The molecule has 0 aliphatic heterocycles. The molecule has 104 valence electrons. The monoisotopic (exact) mass is 263 g/mol. The van der Waals surface area contributed by atoms with Crippen molar-refractivity contribution in [1.29, 1.82) is 5.41 Å². The highest BCUT2D eigenvalue weighted by Crippen LogP contribution is 2.30. The molecule has 1 saturated carbocycles. The topological polar surface area (TPSA) is 53.1 Å². The van der Waals surface area contributed by atoms with E-state index in [9.17, 15) is 4.39 Å². The van der Waals surface area contributed by atoms with E-state index >= 15 is 0 Å². The standard InChI is InChI=1S/C15H22FN3/c1-10-4-3-5-12(8-10)19(2)14-7-6-11(15(17)18)9-13(14)16/h6-7,9-10,12H,3-5,8H2,1-2H3,(H3,17,18). The normalized spacial score (nSPS) is 23.1. The molecule has 3 nitrogen and oxygen atoms in total. The number of nitrogens with zero attached hydrogens (tertiary/aromatic N) is 1. The number of rotatable bonds is 3. The lowest BCUT2D eigenvalue weighted by molar-refractivity contribution is 0.335. The van der Waals surface area contributed by atoms with Gasteiger partial charge in [-0.1, -0.05) is 19.8 Å². The molecule has 1 aliphatic carbocycles. The van der Waals surface area contributed by atoms with Crippen molar-refractivity contribution in [3.63, 3.8) is 0 Å². The summed E-state index contributed by atoms with van der Waals surface area (Å²) in [6.07, 6.45) is 4.72. The molecule has 19 heavy (non-hydrogen) atoms. The number of nitrogens with two attached hydrogens (primary N) is 1. The van der Waals surface area contributed by atoms with Crippen molar-refractivity contribution < 1.29 is 4.39 Å². The molecule has 2 unspecified atom stereocenters. The Morgan fingerprint density at radius 3 is 2.74 bits per heavy atom. The van der Waals surface area contributed by atoms with Crippen LogP contribution in [0.5, 0.6) is 0 Å². The quantitative estimate of drug-likeness (QED) is 0.650. The van der Waals surface area contributed by atoms with Crippen molar-refractivity contribution in [3.8, 4) is 0 Å². The minimum Gasteiger partial charge on any atom is -0.384 e. The molecule has 0 aromatic heterocycles. The molecule has 0 amide bonds. The Bertz CT molecular complexity index is 472. The predicted octanol–water partition coefficient (Wildman–Crippen LogP) is 3.12. The molecular formula is C15H22FN3. The SMILES string of the molecule is CC1CCCC(N(C)c2ccc(C(=N)N)cc2F)C1. The maximum absolute atomic E-state index is 14.1. The van der Waals surface area contributed by atoms with Gasteiger partial charge in [-0.2, -0.15) is 0 Å². The number of nitrogen functional groups attached to an aromatic ring is 1. The number of halogens is 1. The summed E-state index contributed by atoms with van der Waals surface area (Å²) in [5.41, 5.74) is 6.41. The summed E-state index contributed by atoms with van der Waals surface area (Å²) >= 11 is 0. The summed E-state index contributed by atoms with van der Waals surface area (Å²) in [6.45, 7) is 2.26. The van der Waals surface area contributed by atoms with Crippen molar-refractivity contribution in [3.05, 3.63) is 29.6 Å². The third-order valence-electron chi connectivity index (χ3n) is 4.10. The molecule has 0 saturated heterocycles. The average molecular weight is 263 g/mol. The van der Waals surface area contributed by atoms with Crippen LogP contribution in [0.4, 0.5) is 10.1 Å². The third-order valence-corrected chi connectivity index (χ3v) is 4.10. The van der Waals surface area contributed by atoms with Crippen LogP contribution in [0.15, 0.2) is 18.2 Å². The first kappa shape index (κ1) is 13.8. The maximum Gasteiger partial charge on any atom is 0.147 e. The first-order valence-electron chi connectivity index (χ1n) is 6.86. The molecule has 1 aromatic carbocycles. The van der Waals surface area contributed by atoms with Crippen LogP contribution >= 0.6 is 0 Å². The Hall–Kier alpha value is -1.58. The molecule has 1 aliphatic rings. The van der Waals surface area contributed by atoms with Gasteiger partial charge in [-0.25, -0.2) is 4.39 Å². The predicted molar refractivity (Wildman–Crippen MR) is 77.2 cm³/mol. The van der Waals surface area contributed by atoms with Crippen LogP contribution in [0.3, 0.4) is 0 Å². The summed E-state index contributed by atoms with van der Waals surface area (Å²) in [5.74, 6) is 0.313. The Balaban J connectivity index is 2.19. The zero-order valence-electron chi connectivity index (χ0n) is 11.6. The molecule has 1 fully saturated rings. The summed E-state index contributed by atoms with van der Waals surface area (Å²) in [6, 6.07) is 5.19. The van der Waals surface area contributed by atoms with Gasteiger partial charge in [0.05, 0.1) is 5.69 Å². The van der Waals surface area contributed by atoms with Crippen molar-refractivity contribution >= 4 is 11.5 Å². The first-order valence-corrected chi connectivity index (χ1v) is 6.86. The van der Waals surface area contributed by atoms with Crippen molar-refractivity contribution in [2.24, 2.45) is 11.7 Å². The molecule has 4 heteroatoms. The van der Waals surface area contributed by atoms with Crippen LogP contribution in [0.25, 0.3) is 0 Å². The van der Waals surface area contributed by atoms with Gasteiger partial charge in [0.15, 0.2) is 0 Å². The molecule has 0 radical (unpaired) electrons. The molecule has 1 aromatic rings. The largest absolute Gasteiger partial charge is 0.384 e. The molecule has 3 N–H and O–H groups in total. The fraction of sp³-hybridized carbons (Fsp3) is 0.533. The van der Waals surface area contributed by atoms with Crippen LogP contribution in [0.1, 0.15) is 38.2 Å². The van der Waals surface area contributed by atoms with Gasteiger partial charge in [-0.05, 0) is 37.0 Å². The van der Waals surface area contributed by atoms with Gasteiger partial charge in [-0.15, -0.1) is 0 Å². The first-order chi connectivity index (χ1) is 8.99. The van der Waals surface area contributed by atoms with Gasteiger partial charge >= 0.3 is 0 Å². The molecule has 2 atom stereocenters. The smallest absolute Gasteiger partial charge is 0.147 e. The Morgan fingerprint density at radius 2 is 2.16 bits per heavy atom. The maximum atomic E-state index is 14.1. The van der Waals surface area contributed by atoms with Crippen LogP contribution in [-0.4, -0.2) is 18.9 Å². The molecule has 0 spiro atoms. The molecule has 0 bridgehead atoms. The Kier molecular flexibility index (Phi) is 4.08. The zero-order chi connectivity index (χ0) is 14.0. The van der Waals surface area contributed by atoms with E-state index in [1.54, 1.807) is 12.1 Å². The zero-order valence-corrected chi connectivity index (χ0v) is 11.6. The Morgan fingerprint density at radius 1 is 1.42 bits per heavy atom. The molecular weight excluding hydrogens is 241 g/mol. The van der Waals surface area contributed by atoms with Crippen LogP contribution in [-0.2, 0) is 0 Å². The van der Waals surface area contributed by atoms with E-state index in [0.717, 1.165) is 12.8 Å². The van der Waals surface area contributed by atoms with Crippen molar-refractivity contribution in [2.45, 2.75) is 38.6 Å². The number of hydrogen-bond donors (Lipinski definition) is 2. The summed E-state index contributed by atoms with van der Waals surface area (Å²) in [4.78, 5) is 2.04. The minimum absolute atomic E-state index is 0.0978. The molecule has 2 rings (SSSR count). The van der Waals surface area contributed by atoms with Gasteiger partial charge in [0.2, 0.25) is 0 Å². The van der Waals surface area contributed by atoms with Gasteiger partial charge < -0.3 is 10.6 Å². The summed E-state index contributed by atoms with van der Waals surface area (Å²) < 4.78 is 14.1. The molecule has 0 heterocycles. The van der Waals surface area contributed by atoms with E-state index in [4.69, 9.17) is 11.1 Å². The fourth-order valence-corrected chi connectivity index (χ4v) is 2.91. The second-order valence-corrected chi connectivity index (χ2v) is 5.62. The number of amidine groups is 1. The second kappa shape index (κ2) is 5.59. The highest BCUT2D eigenvalue weighted by molar-refractivity contribution is 5.95. The van der Waals surface area contributed by atoms with E-state index in [2.05, 4.69) is 6.92 Å². The number of nitrogens with one attached hydrogen (secondary N) is 1. The highest BCUT2D eigenvalue weighted by atomic mass is 19.1. The van der Waals surface area contributed by atoms with Crippen LogP contribution in [0.2, 0.25) is 0 Å².